The smallest absolute Gasteiger partial charge is 0.262 e. The Balaban J connectivity index is 1.55. The van der Waals surface area contributed by atoms with Gasteiger partial charge in [-0.3, -0.25) is 9.59 Å². The highest BCUT2D eigenvalue weighted by Gasteiger charge is 2.08. The average molecular weight is 481 g/mol. The van der Waals surface area contributed by atoms with Gasteiger partial charge in [0.25, 0.3) is 5.91 Å². The largest absolute Gasteiger partial charge is 0.493 e. The first-order valence-electron chi connectivity index (χ1n) is 9.44. The minimum atomic E-state index is -0.330. The molecule has 0 unspecified atom stereocenters. The Kier molecular flexibility index (Phi) is 7.84. The quantitative estimate of drug-likeness (QED) is 0.438. The van der Waals surface area contributed by atoms with Crippen LogP contribution in [0.1, 0.15) is 5.56 Å². The van der Waals surface area contributed by atoms with Crippen molar-refractivity contribution in [2.45, 2.75) is 0 Å². The topological polar surface area (TPSA) is 76.7 Å². The Morgan fingerprint density at radius 1 is 0.903 bits per heavy atom. The zero-order valence-electron chi connectivity index (χ0n) is 16.8. The maximum absolute atomic E-state index is 12.2. The predicted molar refractivity (Wildman–Crippen MR) is 125 cm³/mol. The lowest BCUT2D eigenvalue weighted by Crippen LogP contribution is -2.20. The molecule has 2 N–H and O–H groups in total. The molecule has 0 saturated carbocycles. The van der Waals surface area contributed by atoms with Gasteiger partial charge in [-0.2, -0.15) is 0 Å². The van der Waals surface area contributed by atoms with Crippen molar-refractivity contribution in [3.63, 3.8) is 0 Å². The maximum Gasteiger partial charge on any atom is 0.262 e. The number of carbonyl (C=O) groups excluding carboxylic acids is 2. The van der Waals surface area contributed by atoms with Gasteiger partial charge in [0.2, 0.25) is 5.91 Å². The van der Waals surface area contributed by atoms with E-state index in [4.69, 9.17) is 9.47 Å². The van der Waals surface area contributed by atoms with Gasteiger partial charge in [-0.15, -0.1) is 0 Å². The van der Waals surface area contributed by atoms with Crippen LogP contribution >= 0.6 is 15.9 Å². The predicted octanol–water partition coefficient (Wildman–Crippen LogP) is 5.13. The molecule has 2 amide bonds. The molecule has 3 rings (SSSR count). The minimum Gasteiger partial charge on any atom is -0.493 e. The van der Waals surface area contributed by atoms with Crippen molar-refractivity contribution in [3.8, 4) is 11.5 Å². The third-order valence-corrected chi connectivity index (χ3v) is 4.88. The van der Waals surface area contributed by atoms with Gasteiger partial charge in [0.1, 0.15) is 0 Å². The summed E-state index contributed by atoms with van der Waals surface area (Å²) in [5.41, 5.74) is 2.00. The van der Waals surface area contributed by atoms with E-state index in [9.17, 15) is 9.59 Å². The Bertz CT molecular complexity index is 1100. The summed E-state index contributed by atoms with van der Waals surface area (Å²) in [6.45, 7) is -0.175. The van der Waals surface area contributed by atoms with Gasteiger partial charge in [0, 0.05) is 21.9 Å². The van der Waals surface area contributed by atoms with Crippen molar-refractivity contribution < 1.29 is 19.1 Å². The van der Waals surface area contributed by atoms with E-state index < -0.39 is 0 Å². The van der Waals surface area contributed by atoms with Crippen molar-refractivity contribution >= 4 is 45.2 Å². The Morgan fingerprint density at radius 2 is 1.58 bits per heavy atom. The molecule has 3 aromatic carbocycles. The second-order valence-corrected chi connectivity index (χ2v) is 7.27. The van der Waals surface area contributed by atoms with Crippen LogP contribution in [0.15, 0.2) is 83.3 Å². The van der Waals surface area contributed by atoms with Crippen LogP contribution in [-0.4, -0.2) is 25.5 Å². The summed E-state index contributed by atoms with van der Waals surface area (Å²) >= 11 is 3.44. The number of hydrogen-bond donors (Lipinski definition) is 2. The molecule has 3 aromatic rings. The number of benzene rings is 3. The monoisotopic (exact) mass is 480 g/mol. The van der Waals surface area contributed by atoms with Crippen LogP contribution in [0.4, 0.5) is 11.4 Å². The molecule has 0 atom stereocenters. The van der Waals surface area contributed by atoms with E-state index in [1.165, 1.54) is 13.2 Å². The SMILES string of the molecule is COc1ccccc1OCC(=O)Nc1cccc(NC(=O)/C=C/c2ccccc2Br)c1. The molecule has 0 aliphatic carbocycles. The van der Waals surface area contributed by atoms with Crippen LogP contribution in [0.2, 0.25) is 0 Å². The van der Waals surface area contributed by atoms with Crippen LogP contribution in [0.5, 0.6) is 11.5 Å². The number of halogens is 1. The van der Waals surface area contributed by atoms with Gasteiger partial charge >= 0.3 is 0 Å². The van der Waals surface area contributed by atoms with Crippen LogP contribution in [-0.2, 0) is 9.59 Å². The summed E-state index contributed by atoms with van der Waals surface area (Å²) < 4.78 is 11.6. The number of nitrogens with one attached hydrogen (secondary N) is 2. The molecule has 0 saturated heterocycles. The highest BCUT2D eigenvalue weighted by atomic mass is 79.9. The zero-order chi connectivity index (χ0) is 22.1. The molecule has 0 fully saturated rings. The number of rotatable bonds is 8. The minimum absolute atomic E-state index is 0.175. The van der Waals surface area contributed by atoms with Gasteiger partial charge in [-0.1, -0.05) is 52.3 Å². The van der Waals surface area contributed by atoms with E-state index in [0.29, 0.717) is 22.9 Å². The first kappa shape index (κ1) is 22.1. The second-order valence-electron chi connectivity index (χ2n) is 6.41. The fourth-order valence-corrected chi connectivity index (χ4v) is 3.13. The molecule has 0 bridgehead atoms. The number of methoxy groups -OCH3 is 1. The maximum atomic E-state index is 12.2. The van der Waals surface area contributed by atoms with Crippen molar-refractivity contribution in [2.75, 3.05) is 24.4 Å². The molecule has 0 spiro atoms. The molecule has 0 aliphatic heterocycles. The van der Waals surface area contributed by atoms with Crippen LogP contribution < -0.4 is 20.1 Å². The molecule has 158 valence electrons. The Morgan fingerprint density at radius 3 is 2.32 bits per heavy atom. The van der Waals surface area contributed by atoms with Crippen molar-refractivity contribution in [1.82, 2.24) is 0 Å². The zero-order valence-corrected chi connectivity index (χ0v) is 18.4. The van der Waals surface area contributed by atoms with Crippen LogP contribution in [0.25, 0.3) is 6.08 Å². The number of ether oxygens (including phenoxy) is 2. The first-order valence-corrected chi connectivity index (χ1v) is 10.2. The van der Waals surface area contributed by atoms with Crippen molar-refractivity contribution in [3.05, 3.63) is 88.9 Å². The Hall–Kier alpha value is -3.58. The first-order chi connectivity index (χ1) is 15.0. The molecule has 0 heterocycles. The number of carbonyl (C=O) groups is 2. The second kappa shape index (κ2) is 11.0. The van der Waals surface area contributed by atoms with E-state index in [0.717, 1.165) is 10.0 Å². The van der Waals surface area contributed by atoms with E-state index >= 15 is 0 Å². The standard InChI is InChI=1S/C24H21BrN2O4/c1-30-21-11-4-5-12-22(21)31-16-24(29)27-19-9-6-8-18(15-19)26-23(28)14-13-17-7-2-3-10-20(17)25/h2-15H,16H2,1H3,(H,26,28)(H,27,29)/b14-13+. The summed E-state index contributed by atoms with van der Waals surface area (Å²) in [7, 11) is 1.54. The van der Waals surface area contributed by atoms with Crippen molar-refractivity contribution in [2.24, 2.45) is 0 Å². The van der Waals surface area contributed by atoms with Gasteiger partial charge in [0.05, 0.1) is 7.11 Å². The summed E-state index contributed by atoms with van der Waals surface area (Å²) in [6.07, 6.45) is 3.17. The van der Waals surface area contributed by atoms with E-state index in [2.05, 4.69) is 26.6 Å². The number of para-hydroxylation sites is 2. The molecular formula is C24H21BrN2O4. The van der Waals surface area contributed by atoms with E-state index in [1.54, 1.807) is 48.5 Å². The highest BCUT2D eigenvalue weighted by molar-refractivity contribution is 9.10. The number of hydrogen-bond acceptors (Lipinski definition) is 4. The van der Waals surface area contributed by atoms with Gasteiger partial charge < -0.3 is 20.1 Å². The summed E-state index contributed by atoms with van der Waals surface area (Å²) in [6, 6.07) is 21.6. The molecule has 6 nitrogen and oxygen atoms in total. The fraction of sp³-hybridized carbons (Fsp3) is 0.0833. The summed E-state index contributed by atoms with van der Waals surface area (Å²) in [5.74, 6) is 0.426. The third-order valence-electron chi connectivity index (χ3n) is 4.16. The lowest BCUT2D eigenvalue weighted by Gasteiger charge is -2.11. The Labute approximate surface area is 189 Å². The van der Waals surface area contributed by atoms with Crippen LogP contribution in [0, 0.1) is 0 Å². The van der Waals surface area contributed by atoms with Gasteiger partial charge in [-0.25, -0.2) is 0 Å². The summed E-state index contributed by atoms with van der Waals surface area (Å²) in [4.78, 5) is 24.4. The fourth-order valence-electron chi connectivity index (χ4n) is 2.71. The molecule has 7 heteroatoms. The lowest BCUT2D eigenvalue weighted by molar-refractivity contribution is -0.118. The van der Waals surface area contributed by atoms with Gasteiger partial charge in [0.15, 0.2) is 18.1 Å². The number of anilines is 2. The van der Waals surface area contributed by atoms with E-state index in [-0.39, 0.29) is 18.4 Å². The lowest BCUT2D eigenvalue weighted by atomic mass is 10.2. The third kappa shape index (κ3) is 6.72. The number of amides is 2. The normalized spacial score (nSPS) is 10.5. The molecular weight excluding hydrogens is 460 g/mol. The molecule has 0 aliphatic rings. The highest BCUT2D eigenvalue weighted by Crippen LogP contribution is 2.25. The van der Waals surface area contributed by atoms with E-state index in [1.807, 2.05) is 30.3 Å². The molecule has 31 heavy (non-hydrogen) atoms. The average Bonchev–Trinajstić information content (AvgIpc) is 2.77. The van der Waals surface area contributed by atoms with Crippen LogP contribution in [0.3, 0.4) is 0 Å². The summed E-state index contributed by atoms with van der Waals surface area (Å²) in [5, 5.41) is 5.53. The van der Waals surface area contributed by atoms with Crippen molar-refractivity contribution in [1.29, 1.82) is 0 Å². The molecule has 0 aromatic heterocycles. The van der Waals surface area contributed by atoms with Gasteiger partial charge in [-0.05, 0) is 48.0 Å². The molecule has 0 radical (unpaired) electrons.